The molecule has 0 atom stereocenters. The fourth-order valence-electron chi connectivity index (χ4n) is 3.01. The van der Waals surface area contributed by atoms with E-state index in [4.69, 9.17) is 4.52 Å². The first kappa shape index (κ1) is 22.5. The van der Waals surface area contributed by atoms with Gasteiger partial charge in [0.1, 0.15) is 6.54 Å². The summed E-state index contributed by atoms with van der Waals surface area (Å²) in [5.41, 5.74) is 3.40. The van der Waals surface area contributed by atoms with Gasteiger partial charge in [0.25, 0.3) is 0 Å². The van der Waals surface area contributed by atoms with Crippen LogP contribution in [0, 0.1) is 6.92 Å². The first-order chi connectivity index (χ1) is 14.6. The van der Waals surface area contributed by atoms with Crippen LogP contribution in [0.4, 0.5) is 5.69 Å². The highest BCUT2D eigenvalue weighted by atomic mass is 32.2. The molecule has 8 nitrogen and oxygen atoms in total. The molecule has 1 amide bonds. The maximum absolute atomic E-state index is 12.4. The summed E-state index contributed by atoms with van der Waals surface area (Å²) in [4.78, 5) is 16.7. The van der Waals surface area contributed by atoms with Crippen LogP contribution in [0.15, 0.2) is 53.1 Å². The molecule has 1 heterocycles. The van der Waals surface area contributed by atoms with Gasteiger partial charge in [0.15, 0.2) is 0 Å². The van der Waals surface area contributed by atoms with Crippen molar-refractivity contribution in [3.8, 4) is 11.4 Å². The lowest BCUT2D eigenvalue weighted by Gasteiger charge is -2.22. The number of rotatable bonds is 8. The average molecular weight is 443 g/mol. The third-order valence-corrected chi connectivity index (χ3v) is 5.86. The highest BCUT2D eigenvalue weighted by Gasteiger charge is 2.21. The van der Waals surface area contributed by atoms with Gasteiger partial charge in [-0.2, -0.15) is 4.98 Å². The summed E-state index contributed by atoms with van der Waals surface area (Å²) in [5.74, 6) is 0.504. The van der Waals surface area contributed by atoms with Crippen molar-refractivity contribution in [3.05, 3.63) is 65.5 Å². The normalized spacial score (nSPS) is 11.5. The number of anilines is 1. The zero-order valence-electron chi connectivity index (χ0n) is 18.0. The van der Waals surface area contributed by atoms with Crippen LogP contribution in [0.1, 0.15) is 36.8 Å². The Labute approximate surface area is 182 Å². The third kappa shape index (κ3) is 5.91. The Kier molecular flexibility index (Phi) is 6.74. The number of aromatic nitrogens is 2. The molecule has 0 aliphatic heterocycles. The number of hydrogen-bond donors (Lipinski definition) is 1. The highest BCUT2D eigenvalue weighted by molar-refractivity contribution is 7.92. The molecule has 2 aromatic carbocycles. The van der Waals surface area contributed by atoms with E-state index in [1.54, 1.807) is 12.1 Å². The van der Waals surface area contributed by atoms with Gasteiger partial charge in [-0.3, -0.25) is 9.10 Å². The van der Waals surface area contributed by atoms with Crippen molar-refractivity contribution in [2.24, 2.45) is 0 Å². The molecule has 0 aliphatic carbocycles. The molecule has 1 N–H and O–H groups in total. The summed E-state index contributed by atoms with van der Waals surface area (Å²) >= 11 is 0. The maximum atomic E-state index is 12.4. The molecule has 3 rings (SSSR count). The highest BCUT2D eigenvalue weighted by Crippen LogP contribution is 2.22. The molecule has 9 heteroatoms. The third-order valence-electron chi connectivity index (χ3n) is 4.72. The predicted octanol–water partition coefficient (Wildman–Crippen LogP) is 3.25. The summed E-state index contributed by atoms with van der Waals surface area (Å²) in [6.07, 6.45) is 1.07. The Bertz CT molecular complexity index is 1150. The smallest absolute Gasteiger partial charge is 0.246 e. The largest absolute Gasteiger partial charge is 0.345 e. The van der Waals surface area contributed by atoms with Crippen LogP contribution in [0.3, 0.4) is 0 Å². The van der Waals surface area contributed by atoms with Gasteiger partial charge in [-0.1, -0.05) is 54.9 Å². The maximum Gasteiger partial charge on any atom is 0.246 e. The number of aryl methyl sites for hydroxylation is 1. The van der Waals surface area contributed by atoms with Crippen molar-refractivity contribution in [2.75, 3.05) is 17.1 Å². The van der Waals surface area contributed by atoms with Gasteiger partial charge in [-0.25, -0.2) is 8.42 Å². The molecule has 1 aromatic heterocycles. The monoisotopic (exact) mass is 442 g/mol. The lowest BCUT2D eigenvalue weighted by Crippen LogP contribution is -2.40. The molecule has 31 heavy (non-hydrogen) atoms. The molecule has 0 saturated carbocycles. The van der Waals surface area contributed by atoms with E-state index in [1.807, 2.05) is 43.3 Å². The summed E-state index contributed by atoms with van der Waals surface area (Å²) in [7, 11) is -3.64. The topological polar surface area (TPSA) is 105 Å². The number of carbonyl (C=O) groups is 1. The van der Waals surface area contributed by atoms with Crippen LogP contribution in [0.25, 0.3) is 11.4 Å². The van der Waals surface area contributed by atoms with Gasteiger partial charge < -0.3 is 9.84 Å². The van der Waals surface area contributed by atoms with Crippen LogP contribution < -0.4 is 9.62 Å². The SMILES string of the molecule is Cc1cccc(-c2noc(CNC(=O)CN(c3ccc(C(C)C)cc3)S(C)(=O)=O)n2)c1. The molecular formula is C22H26N4O4S. The summed E-state index contributed by atoms with van der Waals surface area (Å²) < 4.78 is 30.8. The second kappa shape index (κ2) is 9.30. The molecular weight excluding hydrogens is 416 g/mol. The van der Waals surface area contributed by atoms with E-state index < -0.39 is 15.9 Å². The Morgan fingerprint density at radius 1 is 1.16 bits per heavy atom. The standard InChI is InChI=1S/C22H26N4O4S/c1-15(2)17-8-10-19(11-9-17)26(31(4,28)29)14-20(27)23-13-21-24-22(25-30-21)18-7-5-6-16(3)12-18/h5-12,15H,13-14H2,1-4H3,(H,23,27). The summed E-state index contributed by atoms with van der Waals surface area (Å²) in [6, 6.07) is 14.8. The van der Waals surface area contributed by atoms with E-state index in [2.05, 4.69) is 29.3 Å². The minimum atomic E-state index is -3.64. The molecule has 0 bridgehead atoms. The first-order valence-corrected chi connectivity index (χ1v) is 11.7. The summed E-state index contributed by atoms with van der Waals surface area (Å²) in [5, 5.41) is 6.57. The van der Waals surface area contributed by atoms with Crippen molar-refractivity contribution in [2.45, 2.75) is 33.2 Å². The fourth-order valence-corrected chi connectivity index (χ4v) is 3.87. The Balaban J connectivity index is 1.65. The number of amides is 1. The quantitative estimate of drug-likeness (QED) is 0.574. The average Bonchev–Trinajstić information content (AvgIpc) is 3.19. The lowest BCUT2D eigenvalue weighted by molar-refractivity contribution is -0.119. The zero-order chi connectivity index (χ0) is 22.6. The second-order valence-corrected chi connectivity index (χ2v) is 9.58. The van der Waals surface area contributed by atoms with Crippen LogP contribution >= 0.6 is 0 Å². The summed E-state index contributed by atoms with van der Waals surface area (Å²) in [6.45, 7) is 5.73. The van der Waals surface area contributed by atoms with Crippen LogP contribution in [0.2, 0.25) is 0 Å². The molecule has 0 fully saturated rings. The predicted molar refractivity (Wildman–Crippen MR) is 119 cm³/mol. The van der Waals surface area contributed by atoms with E-state index >= 15 is 0 Å². The van der Waals surface area contributed by atoms with E-state index in [0.29, 0.717) is 17.4 Å². The van der Waals surface area contributed by atoms with Gasteiger partial charge in [0.2, 0.25) is 27.6 Å². The van der Waals surface area contributed by atoms with Crippen LogP contribution in [-0.2, 0) is 21.4 Å². The van der Waals surface area contributed by atoms with Crippen LogP contribution in [0.5, 0.6) is 0 Å². The van der Waals surface area contributed by atoms with Gasteiger partial charge >= 0.3 is 0 Å². The van der Waals surface area contributed by atoms with Crippen molar-refractivity contribution >= 4 is 21.6 Å². The minimum absolute atomic E-state index is 0.00153. The van der Waals surface area contributed by atoms with Crippen molar-refractivity contribution in [1.29, 1.82) is 0 Å². The molecule has 0 saturated heterocycles. The van der Waals surface area contributed by atoms with E-state index in [0.717, 1.165) is 27.3 Å². The molecule has 0 spiro atoms. The molecule has 0 radical (unpaired) electrons. The molecule has 164 valence electrons. The number of nitrogens with zero attached hydrogens (tertiary/aromatic N) is 3. The van der Waals surface area contributed by atoms with Gasteiger partial charge in [-0.05, 0) is 36.6 Å². The lowest BCUT2D eigenvalue weighted by atomic mass is 10.0. The Hall–Kier alpha value is -3.20. The number of hydrogen-bond acceptors (Lipinski definition) is 6. The second-order valence-electron chi connectivity index (χ2n) is 7.67. The van der Waals surface area contributed by atoms with E-state index in [9.17, 15) is 13.2 Å². The van der Waals surface area contributed by atoms with Crippen LogP contribution in [-0.4, -0.2) is 37.3 Å². The Morgan fingerprint density at radius 2 is 1.87 bits per heavy atom. The molecule has 0 unspecified atom stereocenters. The fraction of sp³-hybridized carbons (Fsp3) is 0.318. The van der Waals surface area contributed by atoms with Crippen molar-refractivity contribution in [1.82, 2.24) is 15.5 Å². The zero-order valence-corrected chi connectivity index (χ0v) is 18.8. The Morgan fingerprint density at radius 3 is 2.48 bits per heavy atom. The number of nitrogens with one attached hydrogen (secondary N) is 1. The van der Waals surface area contributed by atoms with E-state index in [1.165, 1.54) is 0 Å². The number of carbonyl (C=O) groups excluding carboxylic acids is 1. The van der Waals surface area contributed by atoms with Gasteiger partial charge in [0.05, 0.1) is 18.5 Å². The number of sulfonamides is 1. The van der Waals surface area contributed by atoms with Crippen molar-refractivity contribution < 1.29 is 17.7 Å². The van der Waals surface area contributed by atoms with E-state index in [-0.39, 0.29) is 19.0 Å². The number of benzene rings is 2. The van der Waals surface area contributed by atoms with Crippen molar-refractivity contribution in [3.63, 3.8) is 0 Å². The first-order valence-electron chi connectivity index (χ1n) is 9.87. The van der Waals surface area contributed by atoms with Gasteiger partial charge in [0, 0.05) is 5.56 Å². The minimum Gasteiger partial charge on any atom is -0.345 e. The van der Waals surface area contributed by atoms with Gasteiger partial charge in [-0.15, -0.1) is 0 Å². The molecule has 3 aromatic rings. The molecule has 0 aliphatic rings.